The molecule has 1 aromatic carbocycles. The average Bonchev–Trinajstić information content (AvgIpc) is 2.79. The normalized spacial score (nSPS) is 11.2. The molecule has 21 heavy (non-hydrogen) atoms. The molecule has 0 unspecified atom stereocenters. The number of nitrogens with one attached hydrogen (secondary N) is 1. The van der Waals surface area contributed by atoms with Crippen LogP contribution in [0.5, 0.6) is 0 Å². The predicted molar refractivity (Wildman–Crippen MR) is 81.4 cm³/mol. The van der Waals surface area contributed by atoms with Gasteiger partial charge in [0.2, 0.25) is 0 Å². The second-order valence-corrected chi connectivity index (χ2v) is 5.16. The molecule has 3 aromatic rings. The van der Waals surface area contributed by atoms with Crippen LogP contribution in [0.15, 0.2) is 35.1 Å². The summed E-state index contributed by atoms with van der Waals surface area (Å²) >= 11 is 0. The van der Waals surface area contributed by atoms with Crippen LogP contribution in [0.4, 0.5) is 0 Å². The van der Waals surface area contributed by atoms with Gasteiger partial charge in [0.05, 0.1) is 12.3 Å². The van der Waals surface area contributed by atoms with E-state index in [2.05, 4.69) is 10.1 Å². The van der Waals surface area contributed by atoms with Crippen molar-refractivity contribution < 1.29 is 4.74 Å². The largest absolute Gasteiger partial charge is 0.378 e. The molecule has 0 aliphatic rings. The van der Waals surface area contributed by atoms with E-state index >= 15 is 0 Å². The van der Waals surface area contributed by atoms with E-state index in [1.165, 1.54) is 16.1 Å². The second kappa shape index (κ2) is 5.18. The van der Waals surface area contributed by atoms with E-state index in [-0.39, 0.29) is 5.56 Å². The molecular weight excluding hydrogens is 266 g/mol. The Kier molecular flexibility index (Phi) is 3.35. The Balaban J connectivity index is 2.34. The third-order valence-electron chi connectivity index (χ3n) is 3.45. The summed E-state index contributed by atoms with van der Waals surface area (Å²) in [4.78, 5) is 16.6. The smallest absolute Gasteiger partial charge is 0.272 e. The van der Waals surface area contributed by atoms with Crippen LogP contribution in [0.25, 0.3) is 16.8 Å². The van der Waals surface area contributed by atoms with Crippen molar-refractivity contribution in [2.45, 2.75) is 20.5 Å². The van der Waals surface area contributed by atoms with E-state index in [4.69, 9.17) is 4.74 Å². The van der Waals surface area contributed by atoms with Crippen LogP contribution in [0.1, 0.15) is 17.0 Å². The molecule has 0 bridgehead atoms. The van der Waals surface area contributed by atoms with Gasteiger partial charge in [0.1, 0.15) is 0 Å². The first-order chi connectivity index (χ1) is 10.1. The number of rotatable bonds is 3. The van der Waals surface area contributed by atoms with E-state index in [9.17, 15) is 4.79 Å². The SMILES string of the molecule is COCc1[nH]n2c(=O)cc(C)nc2c1-c1ccc(C)cc1. The van der Waals surface area contributed by atoms with Gasteiger partial charge in [-0.15, -0.1) is 0 Å². The number of fused-ring (bicyclic) bond motifs is 1. The standard InChI is InChI=1S/C16H17N3O2/c1-10-4-6-12(7-5-10)15-13(9-21-3)18-19-14(20)8-11(2)17-16(15)19/h4-8,18H,9H2,1-3H3. The van der Waals surface area contributed by atoms with Gasteiger partial charge in [-0.25, -0.2) is 9.50 Å². The first-order valence-corrected chi connectivity index (χ1v) is 6.77. The van der Waals surface area contributed by atoms with Gasteiger partial charge in [-0.3, -0.25) is 9.89 Å². The molecule has 0 saturated carbocycles. The van der Waals surface area contributed by atoms with Gasteiger partial charge < -0.3 is 4.74 Å². The van der Waals surface area contributed by atoms with Crippen molar-refractivity contribution in [1.29, 1.82) is 0 Å². The van der Waals surface area contributed by atoms with Crippen LogP contribution in [0.3, 0.4) is 0 Å². The van der Waals surface area contributed by atoms with Crippen molar-refractivity contribution in [2.75, 3.05) is 7.11 Å². The zero-order valence-electron chi connectivity index (χ0n) is 12.3. The minimum Gasteiger partial charge on any atom is -0.378 e. The Bertz CT molecular complexity index is 844. The lowest BCUT2D eigenvalue weighted by molar-refractivity contribution is 0.181. The van der Waals surface area contributed by atoms with Crippen molar-refractivity contribution in [1.82, 2.24) is 14.6 Å². The number of H-pyrrole nitrogens is 1. The van der Waals surface area contributed by atoms with Crippen LogP contribution in [-0.2, 0) is 11.3 Å². The predicted octanol–water partition coefficient (Wildman–Crippen LogP) is 2.45. The van der Waals surface area contributed by atoms with Crippen LogP contribution in [-0.4, -0.2) is 21.7 Å². The van der Waals surface area contributed by atoms with Crippen molar-refractivity contribution >= 4 is 5.65 Å². The molecule has 0 amide bonds. The quantitative estimate of drug-likeness (QED) is 0.803. The summed E-state index contributed by atoms with van der Waals surface area (Å²) in [5.41, 5.74) is 5.19. The summed E-state index contributed by atoms with van der Waals surface area (Å²) in [5, 5.41) is 3.09. The monoisotopic (exact) mass is 283 g/mol. The Labute approximate surface area is 122 Å². The minimum absolute atomic E-state index is 0.117. The first kappa shape index (κ1) is 13.6. The van der Waals surface area contributed by atoms with Gasteiger partial charge in [0.15, 0.2) is 5.65 Å². The zero-order chi connectivity index (χ0) is 15.0. The molecule has 108 valence electrons. The summed E-state index contributed by atoms with van der Waals surface area (Å²) in [6.45, 7) is 4.26. The van der Waals surface area contributed by atoms with Crippen LogP contribution in [0.2, 0.25) is 0 Å². The van der Waals surface area contributed by atoms with Crippen LogP contribution < -0.4 is 5.56 Å². The number of aromatic nitrogens is 3. The topological polar surface area (TPSA) is 59.4 Å². The van der Waals surface area contributed by atoms with Gasteiger partial charge in [0, 0.05) is 24.4 Å². The van der Waals surface area contributed by atoms with Gasteiger partial charge in [-0.05, 0) is 19.4 Å². The number of methoxy groups -OCH3 is 1. The summed E-state index contributed by atoms with van der Waals surface area (Å²) in [6, 6.07) is 9.67. The highest BCUT2D eigenvalue weighted by molar-refractivity contribution is 5.80. The highest BCUT2D eigenvalue weighted by atomic mass is 16.5. The van der Waals surface area contributed by atoms with Crippen LogP contribution in [0, 0.1) is 13.8 Å². The van der Waals surface area contributed by atoms with Crippen molar-refractivity contribution in [2.24, 2.45) is 0 Å². The Morgan fingerprint density at radius 2 is 1.95 bits per heavy atom. The molecule has 3 rings (SSSR count). The maximum absolute atomic E-state index is 12.1. The van der Waals surface area contributed by atoms with E-state index in [0.29, 0.717) is 17.9 Å². The molecule has 0 aliphatic carbocycles. The van der Waals surface area contributed by atoms with E-state index in [1.54, 1.807) is 7.11 Å². The van der Waals surface area contributed by atoms with Gasteiger partial charge >= 0.3 is 0 Å². The number of nitrogens with zero attached hydrogens (tertiary/aromatic N) is 2. The van der Waals surface area contributed by atoms with E-state index in [0.717, 1.165) is 16.8 Å². The third-order valence-corrected chi connectivity index (χ3v) is 3.45. The lowest BCUT2D eigenvalue weighted by atomic mass is 10.0. The molecule has 2 heterocycles. The van der Waals surface area contributed by atoms with Crippen LogP contribution >= 0.6 is 0 Å². The third kappa shape index (κ3) is 2.36. The lowest BCUT2D eigenvalue weighted by Crippen LogP contribution is -2.14. The number of aryl methyl sites for hydroxylation is 2. The molecule has 0 radical (unpaired) electrons. The number of hydrogen-bond acceptors (Lipinski definition) is 3. The van der Waals surface area contributed by atoms with E-state index in [1.807, 2.05) is 38.1 Å². The van der Waals surface area contributed by atoms with Gasteiger partial charge in [0.25, 0.3) is 5.56 Å². The van der Waals surface area contributed by atoms with Crippen molar-refractivity contribution in [3.05, 3.63) is 57.6 Å². The molecule has 0 saturated heterocycles. The average molecular weight is 283 g/mol. The first-order valence-electron chi connectivity index (χ1n) is 6.77. The van der Waals surface area contributed by atoms with E-state index < -0.39 is 0 Å². The molecule has 2 aromatic heterocycles. The maximum Gasteiger partial charge on any atom is 0.272 e. The molecule has 0 fully saturated rings. The number of benzene rings is 1. The second-order valence-electron chi connectivity index (χ2n) is 5.16. The van der Waals surface area contributed by atoms with Crippen molar-refractivity contribution in [3.8, 4) is 11.1 Å². The maximum atomic E-state index is 12.1. The molecule has 0 spiro atoms. The Morgan fingerprint density at radius 3 is 2.62 bits per heavy atom. The molecule has 5 heteroatoms. The zero-order valence-corrected chi connectivity index (χ0v) is 12.3. The molecule has 1 N–H and O–H groups in total. The van der Waals surface area contributed by atoms with Gasteiger partial charge in [-0.1, -0.05) is 29.8 Å². The van der Waals surface area contributed by atoms with Crippen molar-refractivity contribution in [3.63, 3.8) is 0 Å². The summed E-state index contributed by atoms with van der Waals surface area (Å²) in [7, 11) is 1.63. The molecule has 5 nitrogen and oxygen atoms in total. The Morgan fingerprint density at radius 1 is 1.24 bits per heavy atom. The molecular formula is C16H17N3O2. The molecule has 0 aliphatic heterocycles. The van der Waals surface area contributed by atoms with Gasteiger partial charge in [-0.2, -0.15) is 0 Å². The Hall–Kier alpha value is -2.40. The fraction of sp³-hybridized carbons (Fsp3) is 0.250. The highest BCUT2D eigenvalue weighted by Gasteiger charge is 2.16. The summed E-state index contributed by atoms with van der Waals surface area (Å²) in [5.74, 6) is 0. The number of ether oxygens (including phenoxy) is 1. The molecule has 0 atom stereocenters. The summed E-state index contributed by atoms with van der Waals surface area (Å²) < 4.78 is 6.71. The lowest BCUT2D eigenvalue weighted by Gasteiger charge is -2.04. The number of aromatic amines is 1. The fourth-order valence-corrected chi connectivity index (χ4v) is 2.47. The highest BCUT2D eigenvalue weighted by Crippen LogP contribution is 2.27. The summed E-state index contributed by atoms with van der Waals surface area (Å²) in [6.07, 6.45) is 0. The fourth-order valence-electron chi connectivity index (χ4n) is 2.47. The minimum atomic E-state index is -0.117. The number of hydrogen-bond donors (Lipinski definition) is 1.